The van der Waals surface area contributed by atoms with Crippen LogP contribution in [0.3, 0.4) is 0 Å². The topological polar surface area (TPSA) is 96.2 Å². The van der Waals surface area contributed by atoms with Crippen molar-refractivity contribution in [2.24, 2.45) is 17.6 Å². The van der Waals surface area contributed by atoms with Crippen molar-refractivity contribution in [2.75, 3.05) is 23.7 Å². The molecule has 0 spiro atoms. The second-order valence-electron chi connectivity index (χ2n) is 5.89. The van der Waals surface area contributed by atoms with Gasteiger partial charge in [0.2, 0.25) is 5.91 Å². The van der Waals surface area contributed by atoms with E-state index in [1.54, 1.807) is 24.3 Å². The molecule has 1 saturated heterocycles. The van der Waals surface area contributed by atoms with E-state index in [1.807, 2.05) is 0 Å². The predicted octanol–water partition coefficient (Wildman–Crippen LogP) is 2.56. The number of hydrogen-bond acceptors (Lipinski definition) is 3. The summed E-state index contributed by atoms with van der Waals surface area (Å²) in [6.45, 7) is 4.22. The van der Waals surface area contributed by atoms with E-state index in [9.17, 15) is 9.59 Å². The Labute approximate surface area is 143 Å². The number of urea groups is 1. The molecule has 1 unspecified atom stereocenters. The number of piperidine rings is 1. The Kier molecular flexibility index (Phi) is 7.85. The fourth-order valence-electron chi connectivity index (χ4n) is 2.90. The smallest absolute Gasteiger partial charge is 0.316 e. The number of nitrogens with two attached hydrogens (primary N) is 1. The highest BCUT2D eigenvalue weighted by molar-refractivity contribution is 5.93. The van der Waals surface area contributed by atoms with E-state index in [0.29, 0.717) is 29.6 Å². The van der Waals surface area contributed by atoms with E-state index < -0.39 is 6.03 Å². The molecule has 0 aromatic heterocycles. The Morgan fingerprint density at radius 2 is 1.87 bits per heavy atom. The first-order valence-electron chi connectivity index (χ1n) is 7.71. The van der Waals surface area contributed by atoms with E-state index in [2.05, 4.69) is 22.9 Å². The zero-order chi connectivity index (χ0) is 15.9. The number of benzene rings is 1. The van der Waals surface area contributed by atoms with E-state index in [-0.39, 0.29) is 18.3 Å². The lowest BCUT2D eigenvalue weighted by atomic mass is 9.84. The Balaban J connectivity index is 0.00000264. The number of primary amides is 1. The number of anilines is 2. The van der Waals surface area contributed by atoms with Crippen LogP contribution >= 0.6 is 12.4 Å². The molecule has 7 heteroatoms. The Hall–Kier alpha value is -1.79. The number of carbonyl (C=O) groups excluding carboxylic acids is 2. The molecule has 0 radical (unpaired) electrons. The van der Waals surface area contributed by atoms with Gasteiger partial charge in [0.1, 0.15) is 0 Å². The van der Waals surface area contributed by atoms with Crippen LogP contribution in [0.5, 0.6) is 0 Å². The van der Waals surface area contributed by atoms with Crippen LogP contribution in [0, 0.1) is 11.8 Å². The van der Waals surface area contributed by atoms with Crippen LogP contribution < -0.4 is 21.7 Å². The summed E-state index contributed by atoms with van der Waals surface area (Å²) in [7, 11) is 0. The molecule has 1 aliphatic heterocycles. The van der Waals surface area contributed by atoms with Gasteiger partial charge in [0.25, 0.3) is 0 Å². The molecule has 128 valence electrons. The van der Waals surface area contributed by atoms with Crippen LogP contribution in [0.4, 0.5) is 16.2 Å². The van der Waals surface area contributed by atoms with E-state index in [1.165, 1.54) is 0 Å². The van der Waals surface area contributed by atoms with Crippen molar-refractivity contribution in [3.05, 3.63) is 24.3 Å². The number of halogens is 1. The molecular formula is C16H25ClN4O2. The highest BCUT2D eigenvalue weighted by Gasteiger charge is 2.22. The van der Waals surface area contributed by atoms with Crippen LogP contribution in [-0.4, -0.2) is 25.0 Å². The number of rotatable bonds is 5. The van der Waals surface area contributed by atoms with Gasteiger partial charge in [0.15, 0.2) is 0 Å². The molecule has 6 nitrogen and oxygen atoms in total. The van der Waals surface area contributed by atoms with E-state index >= 15 is 0 Å². The zero-order valence-electron chi connectivity index (χ0n) is 13.3. The average Bonchev–Trinajstić information content (AvgIpc) is 2.47. The summed E-state index contributed by atoms with van der Waals surface area (Å²) >= 11 is 0. The molecule has 1 heterocycles. The fraction of sp³-hybridized carbons (Fsp3) is 0.500. The second kappa shape index (κ2) is 9.37. The molecule has 0 aliphatic carbocycles. The molecule has 5 N–H and O–H groups in total. The fourth-order valence-corrected chi connectivity index (χ4v) is 2.90. The van der Waals surface area contributed by atoms with Crippen molar-refractivity contribution in [3.63, 3.8) is 0 Å². The number of carbonyl (C=O) groups is 2. The molecule has 1 aromatic rings. The maximum atomic E-state index is 12.2. The van der Waals surface area contributed by atoms with Gasteiger partial charge in [-0.25, -0.2) is 4.79 Å². The molecule has 1 aliphatic rings. The Morgan fingerprint density at radius 1 is 1.26 bits per heavy atom. The van der Waals surface area contributed by atoms with Crippen LogP contribution in [0.15, 0.2) is 24.3 Å². The number of hydrogen-bond donors (Lipinski definition) is 4. The van der Waals surface area contributed by atoms with Crippen molar-refractivity contribution >= 4 is 35.7 Å². The molecule has 3 amide bonds. The summed E-state index contributed by atoms with van der Waals surface area (Å²) in [5.74, 6) is 0.978. The number of amides is 3. The minimum absolute atomic E-state index is 0. The lowest BCUT2D eigenvalue weighted by Gasteiger charge is -2.27. The first kappa shape index (κ1) is 19.3. The molecule has 0 bridgehead atoms. The average molecular weight is 341 g/mol. The quantitative estimate of drug-likeness (QED) is 0.663. The largest absolute Gasteiger partial charge is 0.351 e. The van der Waals surface area contributed by atoms with Crippen LogP contribution in [-0.2, 0) is 4.79 Å². The molecule has 1 fully saturated rings. The van der Waals surface area contributed by atoms with Gasteiger partial charge in [-0.05, 0) is 56.0 Å². The zero-order valence-corrected chi connectivity index (χ0v) is 14.1. The SMILES string of the molecule is CC(CC(=O)Nc1cccc(NC(N)=O)c1)C1CCNCC1.Cl. The van der Waals surface area contributed by atoms with Crippen LogP contribution in [0.1, 0.15) is 26.2 Å². The van der Waals surface area contributed by atoms with Gasteiger partial charge < -0.3 is 21.7 Å². The first-order valence-corrected chi connectivity index (χ1v) is 7.71. The van der Waals surface area contributed by atoms with Crippen molar-refractivity contribution in [2.45, 2.75) is 26.2 Å². The minimum atomic E-state index is -0.622. The van der Waals surface area contributed by atoms with Gasteiger partial charge in [-0.15, -0.1) is 12.4 Å². The molecule has 2 rings (SSSR count). The molecule has 1 atom stereocenters. The lowest BCUT2D eigenvalue weighted by molar-refractivity contribution is -0.117. The van der Waals surface area contributed by atoms with Crippen molar-refractivity contribution in [1.29, 1.82) is 0 Å². The third-order valence-electron chi connectivity index (χ3n) is 4.11. The van der Waals surface area contributed by atoms with Gasteiger partial charge in [-0.1, -0.05) is 13.0 Å². The monoisotopic (exact) mass is 340 g/mol. The van der Waals surface area contributed by atoms with Crippen molar-refractivity contribution in [1.82, 2.24) is 5.32 Å². The second-order valence-corrected chi connectivity index (χ2v) is 5.89. The summed E-state index contributed by atoms with van der Waals surface area (Å²) in [6, 6.07) is 6.34. The highest BCUT2D eigenvalue weighted by atomic mass is 35.5. The Bertz CT molecular complexity index is 533. The predicted molar refractivity (Wildman–Crippen MR) is 94.9 cm³/mol. The summed E-state index contributed by atoms with van der Waals surface area (Å²) in [6.07, 6.45) is 2.77. The molecule has 0 saturated carbocycles. The Morgan fingerprint density at radius 3 is 2.48 bits per heavy atom. The molecule has 23 heavy (non-hydrogen) atoms. The van der Waals surface area contributed by atoms with Gasteiger partial charge in [0, 0.05) is 17.8 Å². The van der Waals surface area contributed by atoms with Crippen molar-refractivity contribution < 1.29 is 9.59 Å². The summed E-state index contributed by atoms with van der Waals surface area (Å²) < 4.78 is 0. The standard InChI is InChI=1S/C16H24N4O2.ClH/c1-11(12-5-7-18-8-6-12)9-15(21)19-13-3-2-4-14(10-13)20-16(17)22;/h2-4,10-12,18H,5-9H2,1H3,(H,19,21)(H3,17,20,22);1H. The van der Waals surface area contributed by atoms with E-state index in [4.69, 9.17) is 5.73 Å². The summed E-state index contributed by atoms with van der Waals surface area (Å²) in [5, 5.41) is 8.71. The lowest BCUT2D eigenvalue weighted by Crippen LogP contribution is -2.32. The van der Waals surface area contributed by atoms with Crippen LogP contribution in [0.25, 0.3) is 0 Å². The third-order valence-corrected chi connectivity index (χ3v) is 4.11. The third kappa shape index (κ3) is 6.46. The normalized spacial score (nSPS) is 16.0. The van der Waals surface area contributed by atoms with Crippen molar-refractivity contribution in [3.8, 4) is 0 Å². The summed E-state index contributed by atoms with van der Waals surface area (Å²) in [5.41, 5.74) is 6.31. The highest BCUT2D eigenvalue weighted by Crippen LogP contribution is 2.25. The minimum Gasteiger partial charge on any atom is -0.351 e. The molecule has 1 aromatic carbocycles. The van der Waals surface area contributed by atoms with Gasteiger partial charge in [-0.3, -0.25) is 4.79 Å². The molecular weight excluding hydrogens is 316 g/mol. The van der Waals surface area contributed by atoms with E-state index in [0.717, 1.165) is 25.9 Å². The van der Waals surface area contributed by atoms with Crippen LogP contribution in [0.2, 0.25) is 0 Å². The maximum absolute atomic E-state index is 12.2. The van der Waals surface area contributed by atoms with Gasteiger partial charge >= 0.3 is 6.03 Å². The number of nitrogens with one attached hydrogen (secondary N) is 3. The maximum Gasteiger partial charge on any atom is 0.316 e. The first-order chi connectivity index (χ1) is 10.5. The van der Waals surface area contributed by atoms with Gasteiger partial charge in [-0.2, -0.15) is 0 Å². The summed E-state index contributed by atoms with van der Waals surface area (Å²) in [4.78, 5) is 23.0. The van der Waals surface area contributed by atoms with Gasteiger partial charge in [0.05, 0.1) is 0 Å².